The van der Waals surface area contributed by atoms with Gasteiger partial charge in [-0.1, -0.05) is 40.7 Å². The summed E-state index contributed by atoms with van der Waals surface area (Å²) in [6.45, 7) is 11.3. The molecule has 5 nitrogen and oxygen atoms in total. The molecule has 0 aliphatic heterocycles. The average molecular weight is 313 g/mol. The maximum absolute atomic E-state index is 12.4. The van der Waals surface area contributed by atoms with E-state index in [0.717, 1.165) is 5.56 Å². The summed E-state index contributed by atoms with van der Waals surface area (Å²) in [5, 5.41) is 3.37. The minimum atomic E-state index is -3.52. The Morgan fingerprint density at radius 1 is 1.29 bits per heavy atom. The first-order chi connectivity index (χ1) is 9.52. The average Bonchev–Trinajstić information content (AvgIpc) is 2.34. The van der Waals surface area contributed by atoms with Crippen LogP contribution in [0.5, 0.6) is 0 Å². The molecule has 1 aromatic rings. The van der Waals surface area contributed by atoms with E-state index in [1.807, 2.05) is 20.8 Å². The third kappa shape index (κ3) is 5.73. The molecule has 21 heavy (non-hydrogen) atoms. The zero-order valence-corrected chi connectivity index (χ0v) is 14.7. The highest BCUT2D eigenvalue weighted by molar-refractivity contribution is 7.89. The van der Waals surface area contributed by atoms with E-state index in [0.29, 0.717) is 19.1 Å². The molecule has 1 rings (SSSR count). The van der Waals surface area contributed by atoms with Crippen LogP contribution in [-0.2, 0) is 16.6 Å². The molecule has 0 bridgehead atoms. The van der Waals surface area contributed by atoms with Gasteiger partial charge in [0.25, 0.3) is 10.0 Å². The third-order valence-corrected chi connectivity index (χ3v) is 4.60. The van der Waals surface area contributed by atoms with E-state index in [1.165, 1.54) is 4.31 Å². The lowest BCUT2D eigenvalue weighted by molar-refractivity contribution is 0.310. The molecule has 1 heterocycles. The van der Waals surface area contributed by atoms with E-state index >= 15 is 0 Å². The van der Waals surface area contributed by atoms with Crippen LogP contribution in [0.15, 0.2) is 23.4 Å². The number of rotatable bonds is 6. The minimum absolute atomic E-state index is 0.0943. The molecular weight excluding hydrogens is 286 g/mol. The lowest BCUT2D eigenvalue weighted by atomic mass is 9.97. The van der Waals surface area contributed by atoms with Crippen molar-refractivity contribution in [2.75, 3.05) is 13.6 Å². The van der Waals surface area contributed by atoms with Crippen molar-refractivity contribution >= 4 is 10.0 Å². The number of nitrogens with one attached hydrogen (secondary N) is 1. The Morgan fingerprint density at radius 3 is 2.33 bits per heavy atom. The molecule has 0 saturated carbocycles. The first-order valence-corrected chi connectivity index (χ1v) is 8.61. The second-order valence-electron chi connectivity index (χ2n) is 6.86. The van der Waals surface area contributed by atoms with E-state index in [2.05, 4.69) is 24.1 Å². The summed E-state index contributed by atoms with van der Waals surface area (Å²) in [6.07, 6.45) is 1.62. The Balaban J connectivity index is 2.85. The van der Waals surface area contributed by atoms with Gasteiger partial charge in [-0.05, 0) is 17.0 Å². The van der Waals surface area contributed by atoms with Crippen molar-refractivity contribution in [1.29, 1.82) is 0 Å². The highest BCUT2D eigenvalue weighted by atomic mass is 32.2. The Hall–Kier alpha value is -0.980. The van der Waals surface area contributed by atoms with E-state index in [4.69, 9.17) is 0 Å². The molecule has 0 radical (unpaired) electrons. The van der Waals surface area contributed by atoms with Gasteiger partial charge in [0, 0.05) is 32.4 Å². The fraction of sp³-hybridized carbons (Fsp3) is 0.667. The summed E-state index contributed by atoms with van der Waals surface area (Å²) in [5.41, 5.74) is 0.879. The number of pyridine rings is 1. The van der Waals surface area contributed by atoms with Gasteiger partial charge in [0.15, 0.2) is 5.03 Å². The van der Waals surface area contributed by atoms with Crippen molar-refractivity contribution in [2.24, 2.45) is 5.41 Å². The van der Waals surface area contributed by atoms with Crippen LogP contribution in [0.2, 0.25) is 0 Å². The normalized spacial score (nSPS) is 13.1. The zero-order chi connectivity index (χ0) is 16.3. The van der Waals surface area contributed by atoms with Gasteiger partial charge in [0.05, 0.1) is 0 Å². The molecule has 0 spiro atoms. The van der Waals surface area contributed by atoms with Gasteiger partial charge >= 0.3 is 0 Å². The Labute approximate surface area is 128 Å². The van der Waals surface area contributed by atoms with E-state index in [9.17, 15) is 8.42 Å². The SMILES string of the molecule is CC(C)NCc1ccc(S(=O)(=O)N(C)CC(C)(C)C)nc1. The van der Waals surface area contributed by atoms with Gasteiger partial charge < -0.3 is 5.32 Å². The van der Waals surface area contributed by atoms with Gasteiger partial charge in [0.2, 0.25) is 0 Å². The predicted octanol–water partition coefficient (Wildman–Crippen LogP) is 2.25. The van der Waals surface area contributed by atoms with Gasteiger partial charge in [-0.15, -0.1) is 0 Å². The first kappa shape index (κ1) is 18.1. The van der Waals surface area contributed by atoms with Crippen LogP contribution in [-0.4, -0.2) is 37.3 Å². The predicted molar refractivity (Wildman–Crippen MR) is 85.5 cm³/mol. The molecule has 0 amide bonds. The summed E-state index contributed by atoms with van der Waals surface area (Å²) in [5.74, 6) is 0. The number of sulfonamides is 1. The van der Waals surface area contributed by atoms with Gasteiger partial charge in [-0.3, -0.25) is 0 Å². The topological polar surface area (TPSA) is 62.3 Å². The second-order valence-corrected chi connectivity index (χ2v) is 8.85. The summed E-state index contributed by atoms with van der Waals surface area (Å²) in [6, 6.07) is 3.76. The first-order valence-electron chi connectivity index (χ1n) is 7.17. The molecule has 1 aromatic heterocycles. The summed E-state index contributed by atoms with van der Waals surface area (Å²) < 4.78 is 26.2. The van der Waals surface area contributed by atoms with Crippen LogP contribution in [0.4, 0.5) is 0 Å². The van der Waals surface area contributed by atoms with Crippen molar-refractivity contribution < 1.29 is 8.42 Å². The van der Waals surface area contributed by atoms with E-state index < -0.39 is 10.0 Å². The monoisotopic (exact) mass is 313 g/mol. The largest absolute Gasteiger partial charge is 0.310 e. The second kappa shape index (κ2) is 6.85. The highest BCUT2D eigenvalue weighted by Gasteiger charge is 2.26. The molecule has 6 heteroatoms. The van der Waals surface area contributed by atoms with Gasteiger partial charge in [-0.2, -0.15) is 4.31 Å². The van der Waals surface area contributed by atoms with Crippen molar-refractivity contribution in [3.63, 3.8) is 0 Å². The Morgan fingerprint density at radius 2 is 1.90 bits per heavy atom. The van der Waals surface area contributed by atoms with Crippen LogP contribution in [0.1, 0.15) is 40.2 Å². The van der Waals surface area contributed by atoms with Gasteiger partial charge in [-0.25, -0.2) is 13.4 Å². The number of hydrogen-bond donors (Lipinski definition) is 1. The molecule has 0 atom stereocenters. The maximum Gasteiger partial charge on any atom is 0.260 e. The molecule has 120 valence electrons. The maximum atomic E-state index is 12.4. The molecule has 0 aliphatic carbocycles. The lowest BCUT2D eigenvalue weighted by Gasteiger charge is -2.25. The Kier molecular flexibility index (Phi) is 5.90. The molecule has 0 fully saturated rings. The van der Waals surface area contributed by atoms with E-state index in [1.54, 1.807) is 25.4 Å². The molecule has 0 saturated heterocycles. The fourth-order valence-corrected chi connectivity index (χ4v) is 3.21. The molecular formula is C15H27N3O2S. The van der Waals surface area contributed by atoms with Crippen LogP contribution in [0, 0.1) is 5.41 Å². The number of hydrogen-bond acceptors (Lipinski definition) is 4. The minimum Gasteiger partial charge on any atom is -0.310 e. The quantitative estimate of drug-likeness (QED) is 0.875. The summed E-state index contributed by atoms with van der Waals surface area (Å²) in [7, 11) is -1.92. The highest BCUT2D eigenvalue weighted by Crippen LogP contribution is 2.19. The fourth-order valence-electron chi connectivity index (χ4n) is 1.90. The smallest absolute Gasteiger partial charge is 0.260 e. The van der Waals surface area contributed by atoms with Crippen LogP contribution >= 0.6 is 0 Å². The lowest BCUT2D eigenvalue weighted by Crippen LogP contribution is -2.35. The van der Waals surface area contributed by atoms with Crippen molar-refractivity contribution in [2.45, 2.75) is 52.2 Å². The van der Waals surface area contributed by atoms with Crippen molar-refractivity contribution in [3.05, 3.63) is 23.9 Å². The van der Waals surface area contributed by atoms with Crippen LogP contribution in [0.25, 0.3) is 0 Å². The zero-order valence-electron chi connectivity index (χ0n) is 13.8. The Bertz CT molecular complexity index is 545. The van der Waals surface area contributed by atoms with Crippen LogP contribution < -0.4 is 5.32 Å². The van der Waals surface area contributed by atoms with E-state index in [-0.39, 0.29) is 10.4 Å². The van der Waals surface area contributed by atoms with Crippen molar-refractivity contribution in [1.82, 2.24) is 14.6 Å². The molecule has 1 N–H and O–H groups in total. The standard InChI is InChI=1S/C15H27N3O2S/c1-12(2)16-9-13-7-8-14(17-10-13)21(19,20)18(6)11-15(3,4)5/h7-8,10,12,16H,9,11H2,1-6H3. The molecule has 0 aliphatic rings. The van der Waals surface area contributed by atoms with Crippen LogP contribution in [0.3, 0.4) is 0 Å². The number of aromatic nitrogens is 1. The third-order valence-electron chi connectivity index (χ3n) is 2.88. The molecule has 0 unspecified atom stereocenters. The van der Waals surface area contributed by atoms with Crippen molar-refractivity contribution in [3.8, 4) is 0 Å². The van der Waals surface area contributed by atoms with Gasteiger partial charge in [0.1, 0.15) is 0 Å². The summed E-state index contributed by atoms with van der Waals surface area (Å²) in [4.78, 5) is 4.11. The number of nitrogens with zero attached hydrogens (tertiary/aromatic N) is 2. The summed E-state index contributed by atoms with van der Waals surface area (Å²) >= 11 is 0. The molecule has 0 aromatic carbocycles.